The summed E-state index contributed by atoms with van der Waals surface area (Å²) in [6, 6.07) is 5.83. The molecule has 0 heterocycles. The van der Waals surface area contributed by atoms with Crippen LogP contribution >= 0.6 is 19.5 Å². The minimum absolute atomic E-state index is 0.0778. The molecule has 0 aliphatic carbocycles. The molecule has 1 rings (SSSR count). The summed E-state index contributed by atoms with van der Waals surface area (Å²) < 4.78 is 0. The molecule has 0 aromatic heterocycles. The van der Waals surface area contributed by atoms with Crippen LogP contribution in [-0.4, -0.2) is 20.2 Å². The SMILES string of the molecule is O=C(c1ccccc1Cl)[P+](O)(O)O. The molecule has 70 valence electrons. The van der Waals surface area contributed by atoms with Crippen molar-refractivity contribution in [2.24, 2.45) is 0 Å². The van der Waals surface area contributed by atoms with Crippen LogP contribution in [-0.2, 0) is 0 Å². The Bertz CT molecular complexity index is 334. The van der Waals surface area contributed by atoms with Crippen LogP contribution in [0.25, 0.3) is 0 Å². The molecular formula is C7H7ClO4P+. The molecule has 0 aliphatic rings. The summed E-state index contributed by atoms with van der Waals surface area (Å²) in [5, 5.41) is 0.0778. The number of hydrogen-bond donors (Lipinski definition) is 3. The summed E-state index contributed by atoms with van der Waals surface area (Å²) in [5.74, 6) is 0. The molecule has 0 saturated heterocycles. The molecule has 0 bridgehead atoms. The highest BCUT2D eigenvalue weighted by Crippen LogP contribution is 2.48. The van der Waals surface area contributed by atoms with E-state index in [1.165, 1.54) is 18.2 Å². The van der Waals surface area contributed by atoms with Gasteiger partial charge in [0.05, 0.1) is 10.6 Å². The molecule has 0 unspecified atom stereocenters. The van der Waals surface area contributed by atoms with Crippen LogP contribution in [0.2, 0.25) is 5.02 Å². The lowest BCUT2D eigenvalue weighted by Gasteiger charge is -2.02. The normalized spacial score (nSPS) is 11.4. The van der Waals surface area contributed by atoms with Crippen molar-refractivity contribution in [1.29, 1.82) is 0 Å². The standard InChI is InChI=1S/C7H7ClO4P/c8-6-4-2-1-3-5(6)7(9)13(10,11)12/h1-4,10-12H/q+1. The van der Waals surface area contributed by atoms with Crippen LogP contribution in [0.5, 0.6) is 0 Å². The predicted octanol–water partition coefficient (Wildman–Crippen LogP) is 1.22. The molecule has 13 heavy (non-hydrogen) atoms. The zero-order chi connectivity index (χ0) is 10.1. The number of benzene rings is 1. The van der Waals surface area contributed by atoms with Crippen molar-refractivity contribution >= 4 is 25.1 Å². The van der Waals surface area contributed by atoms with E-state index in [9.17, 15) is 4.79 Å². The lowest BCUT2D eigenvalue weighted by molar-refractivity contribution is 0.102. The first-order valence-corrected chi connectivity index (χ1v) is 5.32. The molecule has 1 aromatic carbocycles. The highest BCUT2D eigenvalue weighted by Gasteiger charge is 2.44. The molecule has 0 amide bonds. The molecule has 0 radical (unpaired) electrons. The second-order valence-corrected chi connectivity index (χ2v) is 4.30. The average Bonchev–Trinajstić information content (AvgIpc) is 2.02. The third-order valence-corrected chi connectivity index (χ3v) is 2.49. The van der Waals surface area contributed by atoms with E-state index in [0.717, 1.165) is 0 Å². The van der Waals surface area contributed by atoms with Gasteiger partial charge in [0.1, 0.15) is 0 Å². The maximum Gasteiger partial charge on any atom is 0.483 e. The van der Waals surface area contributed by atoms with Crippen LogP contribution in [0.1, 0.15) is 10.4 Å². The molecule has 0 spiro atoms. The van der Waals surface area contributed by atoms with Gasteiger partial charge in [0, 0.05) is 0 Å². The topological polar surface area (TPSA) is 77.8 Å². The van der Waals surface area contributed by atoms with Crippen molar-refractivity contribution in [3.63, 3.8) is 0 Å². The Morgan fingerprint density at radius 1 is 1.23 bits per heavy atom. The van der Waals surface area contributed by atoms with E-state index >= 15 is 0 Å². The van der Waals surface area contributed by atoms with Gasteiger partial charge in [0.25, 0.3) is 0 Å². The van der Waals surface area contributed by atoms with Crippen LogP contribution in [0.15, 0.2) is 24.3 Å². The minimum atomic E-state index is -4.48. The Balaban J connectivity index is 3.10. The fourth-order valence-corrected chi connectivity index (χ4v) is 1.60. The van der Waals surface area contributed by atoms with Gasteiger partial charge in [0.15, 0.2) is 0 Å². The summed E-state index contributed by atoms with van der Waals surface area (Å²) in [6.07, 6.45) is 0. The number of rotatable bonds is 2. The van der Waals surface area contributed by atoms with Gasteiger partial charge in [-0.2, -0.15) is 14.7 Å². The molecule has 3 N–H and O–H groups in total. The van der Waals surface area contributed by atoms with E-state index in [1.807, 2.05) is 0 Å². The van der Waals surface area contributed by atoms with E-state index in [-0.39, 0.29) is 10.6 Å². The third kappa shape index (κ3) is 2.46. The van der Waals surface area contributed by atoms with Crippen molar-refractivity contribution in [2.45, 2.75) is 0 Å². The Kier molecular flexibility index (Phi) is 3.01. The average molecular weight is 222 g/mol. The maximum absolute atomic E-state index is 11.1. The highest BCUT2D eigenvalue weighted by atomic mass is 35.5. The van der Waals surface area contributed by atoms with E-state index in [2.05, 4.69) is 0 Å². The van der Waals surface area contributed by atoms with Crippen LogP contribution < -0.4 is 0 Å². The van der Waals surface area contributed by atoms with Gasteiger partial charge in [-0.15, -0.1) is 0 Å². The molecule has 0 fully saturated rings. The Labute approximate surface area is 80.0 Å². The fourth-order valence-electron chi connectivity index (χ4n) is 0.796. The van der Waals surface area contributed by atoms with E-state index in [4.69, 9.17) is 26.3 Å². The molecule has 1 aromatic rings. The first-order chi connectivity index (χ1) is 5.93. The second-order valence-electron chi connectivity index (χ2n) is 2.35. The Morgan fingerprint density at radius 3 is 2.23 bits per heavy atom. The first-order valence-electron chi connectivity index (χ1n) is 3.29. The smallest absolute Gasteiger partial charge is 0.238 e. The number of carbonyl (C=O) groups is 1. The van der Waals surface area contributed by atoms with Gasteiger partial charge >= 0.3 is 13.5 Å². The summed E-state index contributed by atoms with van der Waals surface area (Å²) in [7, 11) is -4.48. The lowest BCUT2D eigenvalue weighted by atomic mass is 10.2. The third-order valence-electron chi connectivity index (χ3n) is 1.38. The zero-order valence-electron chi connectivity index (χ0n) is 6.38. The second kappa shape index (κ2) is 3.70. The number of hydrogen-bond acceptors (Lipinski definition) is 4. The van der Waals surface area contributed by atoms with E-state index in [1.54, 1.807) is 6.07 Å². The fraction of sp³-hybridized carbons (Fsp3) is 0. The Hall–Kier alpha value is -0.510. The van der Waals surface area contributed by atoms with Gasteiger partial charge in [-0.25, -0.2) is 4.79 Å². The molecular weight excluding hydrogens is 214 g/mol. The summed E-state index contributed by atoms with van der Waals surface area (Å²) >= 11 is 5.59. The lowest BCUT2D eigenvalue weighted by Crippen LogP contribution is -2.05. The van der Waals surface area contributed by atoms with Crippen LogP contribution in [0.4, 0.5) is 0 Å². The van der Waals surface area contributed by atoms with Crippen molar-refractivity contribution in [2.75, 3.05) is 0 Å². The summed E-state index contributed by atoms with van der Waals surface area (Å²) in [4.78, 5) is 37.1. The van der Waals surface area contributed by atoms with Gasteiger partial charge < -0.3 is 0 Å². The molecule has 6 heteroatoms. The van der Waals surface area contributed by atoms with Gasteiger partial charge in [-0.1, -0.05) is 23.7 Å². The van der Waals surface area contributed by atoms with Crippen molar-refractivity contribution in [3.8, 4) is 0 Å². The van der Waals surface area contributed by atoms with E-state index < -0.39 is 13.5 Å². The van der Waals surface area contributed by atoms with E-state index in [0.29, 0.717) is 0 Å². The molecule has 0 atom stereocenters. The maximum atomic E-state index is 11.1. The largest absolute Gasteiger partial charge is 0.483 e. The number of halogens is 1. The zero-order valence-corrected chi connectivity index (χ0v) is 8.03. The minimum Gasteiger partial charge on any atom is -0.238 e. The molecule has 0 aliphatic heterocycles. The van der Waals surface area contributed by atoms with Crippen molar-refractivity contribution < 1.29 is 19.5 Å². The Morgan fingerprint density at radius 2 is 1.77 bits per heavy atom. The first kappa shape index (κ1) is 10.6. The summed E-state index contributed by atoms with van der Waals surface area (Å²) in [5.41, 5.74) is -1.23. The van der Waals surface area contributed by atoms with Gasteiger partial charge in [-0.05, 0) is 12.1 Å². The molecule has 0 saturated carbocycles. The number of carbonyl (C=O) groups excluding carboxylic acids is 1. The summed E-state index contributed by atoms with van der Waals surface area (Å²) in [6.45, 7) is 0. The van der Waals surface area contributed by atoms with Gasteiger partial charge in [-0.3, -0.25) is 0 Å². The quantitative estimate of drug-likeness (QED) is 0.656. The predicted molar refractivity (Wildman–Crippen MR) is 49.4 cm³/mol. The van der Waals surface area contributed by atoms with Crippen LogP contribution in [0.3, 0.4) is 0 Å². The van der Waals surface area contributed by atoms with Crippen molar-refractivity contribution in [1.82, 2.24) is 0 Å². The monoisotopic (exact) mass is 221 g/mol. The van der Waals surface area contributed by atoms with Gasteiger partial charge in [0.2, 0.25) is 0 Å². The van der Waals surface area contributed by atoms with Crippen molar-refractivity contribution in [3.05, 3.63) is 34.9 Å². The molecule has 4 nitrogen and oxygen atoms in total. The highest BCUT2D eigenvalue weighted by molar-refractivity contribution is 7.76. The van der Waals surface area contributed by atoms with Crippen LogP contribution in [0, 0.1) is 0 Å².